The summed E-state index contributed by atoms with van der Waals surface area (Å²) in [6, 6.07) is 6.69. The molecule has 3 amide bonds. The number of carbonyl (C=O) groups is 3. The minimum absolute atomic E-state index is 0. The number of amides is 3. The van der Waals surface area contributed by atoms with Crippen LogP contribution < -0.4 is 0 Å². The number of hydrogen-bond donors (Lipinski definition) is 0. The van der Waals surface area contributed by atoms with Gasteiger partial charge in [-0.15, -0.1) is 23.7 Å². The molecule has 0 N–H and O–H groups in total. The van der Waals surface area contributed by atoms with Gasteiger partial charge in [0.25, 0.3) is 11.8 Å². The number of piperazine rings is 1. The summed E-state index contributed by atoms with van der Waals surface area (Å²) in [4.78, 5) is 47.0. The average Bonchev–Trinajstić information content (AvgIpc) is 3.19. The molecule has 2 aliphatic rings. The second kappa shape index (κ2) is 8.38. The third kappa shape index (κ3) is 3.94. The Bertz CT molecular complexity index is 873. The van der Waals surface area contributed by atoms with Crippen molar-refractivity contribution in [2.24, 2.45) is 0 Å². The number of imide groups is 1. The summed E-state index contributed by atoms with van der Waals surface area (Å²) < 4.78 is 0. The van der Waals surface area contributed by atoms with Crippen LogP contribution in [0.1, 0.15) is 31.4 Å². The predicted molar refractivity (Wildman–Crippen MR) is 108 cm³/mol. The molecule has 1 aromatic heterocycles. The second-order valence-electron chi connectivity index (χ2n) is 6.78. The molecule has 0 atom stereocenters. The first-order chi connectivity index (χ1) is 13.0. The maximum atomic E-state index is 12.6. The summed E-state index contributed by atoms with van der Waals surface area (Å²) in [7, 11) is 0. The molecule has 148 valence electrons. The summed E-state index contributed by atoms with van der Waals surface area (Å²) in [5.41, 5.74) is 1.78. The summed E-state index contributed by atoms with van der Waals surface area (Å²) in [5.74, 6) is -0.960. The lowest BCUT2D eigenvalue weighted by molar-refractivity contribution is -0.133. The van der Waals surface area contributed by atoms with Gasteiger partial charge in [-0.1, -0.05) is 12.1 Å². The van der Waals surface area contributed by atoms with Crippen LogP contribution in [0.2, 0.25) is 0 Å². The van der Waals surface area contributed by atoms with E-state index in [-0.39, 0.29) is 36.7 Å². The summed E-state index contributed by atoms with van der Waals surface area (Å²) in [6.45, 7) is 5.27. The molecule has 28 heavy (non-hydrogen) atoms. The Morgan fingerprint density at radius 1 is 1.07 bits per heavy atom. The van der Waals surface area contributed by atoms with Crippen LogP contribution >= 0.6 is 23.7 Å². The average molecular weight is 421 g/mol. The third-order valence-electron chi connectivity index (χ3n) is 4.92. The van der Waals surface area contributed by atoms with Crippen molar-refractivity contribution >= 4 is 41.5 Å². The first kappa shape index (κ1) is 20.4. The molecule has 0 spiro atoms. The SMILES string of the molecule is Cc1csc(CN2CCN(C(=O)CN3C(=O)c4ccccc4C3=O)CC2)n1.Cl. The Hall–Kier alpha value is -2.29. The van der Waals surface area contributed by atoms with Crippen LogP contribution in [0, 0.1) is 6.92 Å². The lowest BCUT2D eigenvalue weighted by Gasteiger charge is -2.34. The van der Waals surface area contributed by atoms with Crippen LogP contribution in [0.5, 0.6) is 0 Å². The number of halogens is 1. The van der Waals surface area contributed by atoms with Crippen LogP contribution in [0.25, 0.3) is 0 Å². The number of aromatic nitrogens is 1. The fourth-order valence-electron chi connectivity index (χ4n) is 3.44. The number of hydrogen-bond acceptors (Lipinski definition) is 6. The molecule has 7 nitrogen and oxygen atoms in total. The molecule has 0 bridgehead atoms. The number of nitrogens with zero attached hydrogens (tertiary/aromatic N) is 4. The fourth-order valence-corrected chi connectivity index (χ4v) is 4.25. The number of rotatable bonds is 4. The van der Waals surface area contributed by atoms with Gasteiger partial charge in [0.05, 0.1) is 17.7 Å². The molecule has 0 saturated carbocycles. The molecule has 1 fully saturated rings. The van der Waals surface area contributed by atoms with Crippen LogP contribution in [0.3, 0.4) is 0 Å². The normalized spacial score (nSPS) is 16.9. The number of benzene rings is 1. The van der Waals surface area contributed by atoms with E-state index in [1.165, 1.54) is 0 Å². The molecule has 1 saturated heterocycles. The van der Waals surface area contributed by atoms with E-state index in [1.807, 2.05) is 12.3 Å². The van der Waals surface area contributed by atoms with Gasteiger partial charge in [0.2, 0.25) is 5.91 Å². The summed E-state index contributed by atoms with van der Waals surface area (Å²) >= 11 is 1.65. The lowest BCUT2D eigenvalue weighted by Crippen LogP contribution is -2.51. The highest BCUT2D eigenvalue weighted by atomic mass is 35.5. The van der Waals surface area contributed by atoms with E-state index >= 15 is 0 Å². The zero-order valence-corrected chi connectivity index (χ0v) is 17.1. The van der Waals surface area contributed by atoms with E-state index < -0.39 is 0 Å². The van der Waals surface area contributed by atoms with Crippen LogP contribution in [0.4, 0.5) is 0 Å². The summed E-state index contributed by atoms with van der Waals surface area (Å²) in [5, 5.41) is 3.12. The second-order valence-corrected chi connectivity index (χ2v) is 7.72. The molecule has 2 aromatic rings. The Morgan fingerprint density at radius 2 is 1.68 bits per heavy atom. The van der Waals surface area contributed by atoms with E-state index in [4.69, 9.17) is 0 Å². The van der Waals surface area contributed by atoms with Crippen molar-refractivity contribution < 1.29 is 14.4 Å². The smallest absolute Gasteiger partial charge is 0.262 e. The Labute approximate surface area is 173 Å². The van der Waals surface area contributed by atoms with Gasteiger partial charge in [-0.2, -0.15) is 0 Å². The van der Waals surface area contributed by atoms with Crippen molar-refractivity contribution in [3.8, 4) is 0 Å². The largest absolute Gasteiger partial charge is 0.339 e. The molecule has 2 aliphatic heterocycles. The molecule has 3 heterocycles. The standard InChI is InChI=1S/C19H20N4O3S.ClH/c1-13-12-27-16(20-13)10-21-6-8-22(9-7-21)17(24)11-23-18(25)14-4-2-3-5-15(14)19(23)26;/h2-5,12H,6-11H2,1H3;1H. The van der Waals surface area contributed by atoms with Crippen molar-refractivity contribution in [1.82, 2.24) is 19.7 Å². The minimum Gasteiger partial charge on any atom is -0.339 e. The molecule has 1 aromatic carbocycles. The predicted octanol–water partition coefficient (Wildman–Crippen LogP) is 1.81. The van der Waals surface area contributed by atoms with Crippen molar-refractivity contribution in [3.63, 3.8) is 0 Å². The zero-order chi connectivity index (χ0) is 19.0. The first-order valence-electron chi connectivity index (χ1n) is 8.89. The van der Waals surface area contributed by atoms with Crippen molar-refractivity contribution in [3.05, 3.63) is 51.5 Å². The lowest BCUT2D eigenvalue weighted by atomic mass is 10.1. The number of carbonyl (C=O) groups excluding carboxylic acids is 3. The van der Waals surface area contributed by atoms with Crippen molar-refractivity contribution in [1.29, 1.82) is 0 Å². The van der Waals surface area contributed by atoms with Crippen LogP contribution in [0.15, 0.2) is 29.6 Å². The number of fused-ring (bicyclic) bond motifs is 1. The van der Waals surface area contributed by atoms with E-state index in [9.17, 15) is 14.4 Å². The highest BCUT2D eigenvalue weighted by Crippen LogP contribution is 2.22. The van der Waals surface area contributed by atoms with Gasteiger partial charge in [0.1, 0.15) is 11.6 Å². The maximum Gasteiger partial charge on any atom is 0.262 e. The van der Waals surface area contributed by atoms with Gasteiger partial charge in [-0.25, -0.2) is 4.98 Å². The zero-order valence-electron chi connectivity index (χ0n) is 15.5. The van der Waals surface area contributed by atoms with E-state index in [0.717, 1.165) is 35.2 Å². The van der Waals surface area contributed by atoms with Gasteiger partial charge in [-0.3, -0.25) is 24.2 Å². The van der Waals surface area contributed by atoms with Gasteiger partial charge >= 0.3 is 0 Å². The molecular weight excluding hydrogens is 400 g/mol. The number of aryl methyl sites for hydroxylation is 1. The Kier molecular flexibility index (Phi) is 6.12. The molecule has 0 unspecified atom stereocenters. The first-order valence-corrected chi connectivity index (χ1v) is 9.77. The number of thiazole rings is 1. The van der Waals surface area contributed by atoms with Crippen LogP contribution in [-0.2, 0) is 11.3 Å². The highest BCUT2D eigenvalue weighted by molar-refractivity contribution is 7.09. The minimum atomic E-state index is -0.387. The Balaban J connectivity index is 0.00000225. The highest BCUT2D eigenvalue weighted by Gasteiger charge is 2.37. The van der Waals surface area contributed by atoms with Crippen molar-refractivity contribution in [2.45, 2.75) is 13.5 Å². The third-order valence-corrected chi connectivity index (χ3v) is 5.87. The molecule has 4 rings (SSSR count). The summed E-state index contributed by atoms with van der Waals surface area (Å²) in [6.07, 6.45) is 0. The van der Waals surface area contributed by atoms with Crippen molar-refractivity contribution in [2.75, 3.05) is 32.7 Å². The van der Waals surface area contributed by atoms with Crippen LogP contribution in [-0.4, -0.2) is 70.1 Å². The van der Waals surface area contributed by atoms with Gasteiger partial charge < -0.3 is 4.90 Å². The van der Waals surface area contributed by atoms with Gasteiger partial charge in [-0.05, 0) is 19.1 Å². The van der Waals surface area contributed by atoms with E-state index in [2.05, 4.69) is 9.88 Å². The molecular formula is C19H21ClN4O3S. The maximum absolute atomic E-state index is 12.6. The molecule has 0 radical (unpaired) electrons. The monoisotopic (exact) mass is 420 g/mol. The van der Waals surface area contributed by atoms with Gasteiger partial charge in [0.15, 0.2) is 0 Å². The topological polar surface area (TPSA) is 73.8 Å². The van der Waals surface area contributed by atoms with Gasteiger partial charge in [0, 0.05) is 37.3 Å². The van der Waals surface area contributed by atoms with E-state index in [0.29, 0.717) is 24.2 Å². The molecule has 9 heteroatoms. The molecule has 0 aliphatic carbocycles. The van der Waals surface area contributed by atoms with E-state index in [1.54, 1.807) is 40.5 Å². The fraction of sp³-hybridized carbons (Fsp3) is 0.368. The Morgan fingerprint density at radius 3 is 2.21 bits per heavy atom. The quantitative estimate of drug-likeness (QED) is 0.705.